The molecule has 0 fully saturated rings. The number of unbranched alkanes of at least 4 members (excludes halogenated alkanes) is 1. The fourth-order valence-corrected chi connectivity index (χ4v) is 1.54. The summed E-state index contributed by atoms with van der Waals surface area (Å²) >= 11 is 5.67. The van der Waals surface area contributed by atoms with E-state index in [-0.39, 0.29) is 22.9 Å². The van der Waals surface area contributed by atoms with E-state index in [9.17, 15) is 13.6 Å². The Morgan fingerprint density at radius 1 is 1.42 bits per heavy atom. The summed E-state index contributed by atoms with van der Waals surface area (Å²) in [7, 11) is 0. The van der Waals surface area contributed by atoms with Gasteiger partial charge in [-0.05, 0) is 24.6 Å². The van der Waals surface area contributed by atoms with Crippen molar-refractivity contribution in [3.8, 4) is 5.75 Å². The van der Waals surface area contributed by atoms with Crippen LogP contribution in [0.5, 0.6) is 5.75 Å². The molecule has 0 unspecified atom stereocenters. The first kappa shape index (κ1) is 15.7. The van der Waals surface area contributed by atoms with Gasteiger partial charge in [-0.15, -0.1) is 0 Å². The third-order valence-electron chi connectivity index (χ3n) is 2.32. The zero-order chi connectivity index (χ0) is 14.3. The molecular weight excluding hydrogens is 278 g/mol. The number of alkyl halides is 2. The molecule has 6 heteroatoms. The lowest BCUT2D eigenvalue weighted by Crippen LogP contribution is -2.15. The van der Waals surface area contributed by atoms with Crippen LogP contribution in [0.15, 0.2) is 18.2 Å². The van der Waals surface area contributed by atoms with Crippen LogP contribution in [0.4, 0.5) is 8.78 Å². The quantitative estimate of drug-likeness (QED) is 0.563. The molecule has 106 valence electrons. The third kappa shape index (κ3) is 5.42. The van der Waals surface area contributed by atoms with Crippen LogP contribution in [-0.4, -0.2) is 19.2 Å². The number of esters is 1. The highest BCUT2D eigenvalue weighted by atomic mass is 35.5. The Kier molecular flexibility index (Phi) is 6.56. The number of ether oxygens (including phenoxy) is 2. The smallest absolute Gasteiger partial charge is 0.344 e. The van der Waals surface area contributed by atoms with Crippen LogP contribution in [0.1, 0.15) is 31.8 Å². The molecule has 0 aliphatic rings. The van der Waals surface area contributed by atoms with Crippen molar-refractivity contribution in [2.24, 2.45) is 0 Å². The van der Waals surface area contributed by atoms with Crippen LogP contribution < -0.4 is 4.74 Å². The number of hydrogen-bond acceptors (Lipinski definition) is 3. The summed E-state index contributed by atoms with van der Waals surface area (Å²) in [4.78, 5) is 11.3. The number of benzene rings is 1. The van der Waals surface area contributed by atoms with Crippen LogP contribution in [-0.2, 0) is 9.53 Å². The lowest BCUT2D eigenvalue weighted by Gasteiger charge is -2.08. The van der Waals surface area contributed by atoms with E-state index in [1.54, 1.807) is 0 Å². The molecule has 0 amide bonds. The van der Waals surface area contributed by atoms with Gasteiger partial charge in [0.05, 0.1) is 11.6 Å². The van der Waals surface area contributed by atoms with Gasteiger partial charge in [-0.1, -0.05) is 24.9 Å². The topological polar surface area (TPSA) is 35.5 Å². The Bertz CT molecular complexity index is 424. The van der Waals surface area contributed by atoms with E-state index in [4.69, 9.17) is 21.1 Å². The molecule has 0 spiro atoms. The molecule has 19 heavy (non-hydrogen) atoms. The van der Waals surface area contributed by atoms with Gasteiger partial charge < -0.3 is 9.47 Å². The van der Waals surface area contributed by atoms with Gasteiger partial charge in [-0.2, -0.15) is 0 Å². The fourth-order valence-electron chi connectivity index (χ4n) is 1.29. The standard InChI is InChI=1S/C13H15ClF2O3/c1-2-3-6-18-12(17)8-19-9-4-5-10(13(15)16)11(14)7-9/h4-5,7,13H,2-3,6,8H2,1H3. The minimum Gasteiger partial charge on any atom is -0.482 e. The fraction of sp³-hybridized carbons (Fsp3) is 0.462. The average molecular weight is 293 g/mol. The molecule has 0 aromatic heterocycles. The van der Waals surface area contributed by atoms with E-state index >= 15 is 0 Å². The van der Waals surface area contributed by atoms with Gasteiger partial charge >= 0.3 is 5.97 Å². The number of halogens is 3. The first-order chi connectivity index (χ1) is 9.04. The summed E-state index contributed by atoms with van der Waals surface area (Å²) in [6.45, 7) is 2.06. The van der Waals surface area contributed by atoms with Crippen molar-refractivity contribution < 1.29 is 23.0 Å². The van der Waals surface area contributed by atoms with E-state index < -0.39 is 12.4 Å². The number of hydrogen-bond donors (Lipinski definition) is 0. The molecule has 1 rings (SSSR count). The third-order valence-corrected chi connectivity index (χ3v) is 2.65. The maximum atomic E-state index is 12.4. The maximum absolute atomic E-state index is 12.4. The zero-order valence-electron chi connectivity index (χ0n) is 10.5. The molecule has 1 aromatic carbocycles. The van der Waals surface area contributed by atoms with Crippen LogP contribution in [0.3, 0.4) is 0 Å². The minimum atomic E-state index is -2.64. The van der Waals surface area contributed by atoms with Gasteiger partial charge in [-0.3, -0.25) is 0 Å². The predicted molar refractivity (Wildman–Crippen MR) is 67.8 cm³/mol. The van der Waals surface area contributed by atoms with Crippen LogP contribution in [0.25, 0.3) is 0 Å². The highest BCUT2D eigenvalue weighted by Crippen LogP contribution is 2.30. The molecule has 0 saturated carbocycles. The van der Waals surface area contributed by atoms with E-state index in [1.165, 1.54) is 18.2 Å². The van der Waals surface area contributed by atoms with Gasteiger partial charge in [0.25, 0.3) is 6.43 Å². The van der Waals surface area contributed by atoms with Gasteiger partial charge in [0, 0.05) is 5.56 Å². The Balaban J connectivity index is 2.45. The first-order valence-electron chi connectivity index (χ1n) is 5.90. The van der Waals surface area contributed by atoms with Crippen molar-refractivity contribution in [3.05, 3.63) is 28.8 Å². The average Bonchev–Trinajstić information content (AvgIpc) is 2.36. The second-order valence-corrected chi connectivity index (χ2v) is 4.25. The van der Waals surface area contributed by atoms with Crippen molar-refractivity contribution in [1.29, 1.82) is 0 Å². The zero-order valence-corrected chi connectivity index (χ0v) is 11.3. The summed E-state index contributed by atoms with van der Waals surface area (Å²) in [5.41, 5.74) is -0.264. The van der Waals surface area contributed by atoms with Crippen molar-refractivity contribution in [3.63, 3.8) is 0 Å². The maximum Gasteiger partial charge on any atom is 0.344 e. The van der Waals surface area contributed by atoms with Crippen molar-refractivity contribution >= 4 is 17.6 Å². The molecule has 0 heterocycles. The predicted octanol–water partition coefficient (Wildman–Crippen LogP) is 4.00. The summed E-state index contributed by atoms with van der Waals surface area (Å²) < 4.78 is 34.9. The molecule has 0 saturated heterocycles. The van der Waals surface area contributed by atoms with E-state index in [0.717, 1.165) is 12.8 Å². The van der Waals surface area contributed by atoms with Crippen molar-refractivity contribution in [2.75, 3.05) is 13.2 Å². The number of carbonyl (C=O) groups is 1. The Hall–Kier alpha value is -1.36. The van der Waals surface area contributed by atoms with E-state index in [2.05, 4.69) is 0 Å². The molecule has 1 aromatic rings. The van der Waals surface area contributed by atoms with Crippen molar-refractivity contribution in [1.82, 2.24) is 0 Å². The lowest BCUT2D eigenvalue weighted by atomic mass is 10.2. The van der Waals surface area contributed by atoms with E-state index in [0.29, 0.717) is 6.61 Å². The van der Waals surface area contributed by atoms with Gasteiger partial charge in [0.1, 0.15) is 5.75 Å². The molecule has 0 N–H and O–H groups in total. The highest BCUT2D eigenvalue weighted by Gasteiger charge is 2.13. The molecule has 0 radical (unpaired) electrons. The summed E-state index contributed by atoms with van der Waals surface area (Å²) in [6.07, 6.45) is -0.917. The summed E-state index contributed by atoms with van der Waals surface area (Å²) in [5, 5.41) is -0.0909. The Morgan fingerprint density at radius 3 is 2.74 bits per heavy atom. The van der Waals surface area contributed by atoms with Crippen LogP contribution in [0, 0.1) is 0 Å². The van der Waals surface area contributed by atoms with Gasteiger partial charge in [0.15, 0.2) is 6.61 Å². The minimum absolute atomic E-state index is 0.0909. The van der Waals surface area contributed by atoms with Crippen LogP contribution in [0.2, 0.25) is 5.02 Å². The second kappa shape index (κ2) is 7.94. The summed E-state index contributed by atoms with van der Waals surface area (Å²) in [6, 6.07) is 3.76. The monoisotopic (exact) mass is 292 g/mol. The lowest BCUT2D eigenvalue weighted by molar-refractivity contribution is -0.146. The molecule has 3 nitrogen and oxygen atoms in total. The number of carbonyl (C=O) groups excluding carboxylic acids is 1. The second-order valence-electron chi connectivity index (χ2n) is 3.85. The van der Waals surface area contributed by atoms with Crippen molar-refractivity contribution in [2.45, 2.75) is 26.2 Å². The Morgan fingerprint density at radius 2 is 2.16 bits per heavy atom. The summed E-state index contributed by atoms with van der Waals surface area (Å²) in [5.74, 6) is -0.246. The van der Waals surface area contributed by atoms with Crippen LogP contribution >= 0.6 is 11.6 Å². The molecule has 0 aliphatic heterocycles. The highest BCUT2D eigenvalue weighted by molar-refractivity contribution is 6.31. The molecule has 0 atom stereocenters. The SMILES string of the molecule is CCCCOC(=O)COc1ccc(C(F)F)c(Cl)c1. The molecular formula is C13H15ClF2O3. The van der Waals surface area contributed by atoms with Gasteiger partial charge in [-0.25, -0.2) is 13.6 Å². The molecule has 0 bridgehead atoms. The van der Waals surface area contributed by atoms with E-state index in [1.807, 2.05) is 6.92 Å². The number of rotatable bonds is 7. The first-order valence-corrected chi connectivity index (χ1v) is 6.28. The van der Waals surface area contributed by atoms with Gasteiger partial charge in [0.2, 0.25) is 0 Å². The molecule has 0 aliphatic carbocycles. The Labute approximate surface area is 115 Å². The normalized spacial score (nSPS) is 10.6. The largest absolute Gasteiger partial charge is 0.482 e.